The van der Waals surface area contributed by atoms with E-state index < -0.39 is 12.7 Å². The number of rotatable bonds is 5. The van der Waals surface area contributed by atoms with Crippen LogP contribution in [0.4, 0.5) is 24.8 Å². The average molecular weight is 301 g/mol. The number of anilines is 2. The number of hydrogen-bond acceptors (Lipinski definition) is 4. The maximum Gasteiger partial charge on any atom is 0.405 e. The number of hydrogen-bond donors (Lipinski definition) is 1. The number of aromatic nitrogens is 3. The van der Waals surface area contributed by atoms with E-state index in [2.05, 4.69) is 15.3 Å². The summed E-state index contributed by atoms with van der Waals surface area (Å²) in [4.78, 5) is 9.63. The summed E-state index contributed by atoms with van der Waals surface area (Å²) in [6.45, 7) is 4.87. The molecule has 0 amide bonds. The Kier molecular flexibility index (Phi) is 4.24. The van der Waals surface area contributed by atoms with Gasteiger partial charge in [0.15, 0.2) is 11.5 Å². The fourth-order valence-corrected chi connectivity index (χ4v) is 2.07. The summed E-state index contributed by atoms with van der Waals surface area (Å²) in [5.74, 6) is 0.747. The molecule has 0 aliphatic carbocycles. The van der Waals surface area contributed by atoms with Gasteiger partial charge in [0.25, 0.3) is 0 Å². The van der Waals surface area contributed by atoms with Crippen molar-refractivity contribution in [2.24, 2.45) is 0 Å². The zero-order valence-electron chi connectivity index (χ0n) is 12.1. The molecule has 0 aromatic carbocycles. The highest BCUT2D eigenvalue weighted by Gasteiger charge is 2.33. The van der Waals surface area contributed by atoms with Crippen LogP contribution in [-0.4, -0.2) is 39.7 Å². The molecule has 0 aliphatic heterocycles. The lowest BCUT2D eigenvalue weighted by atomic mass is 10.3. The molecule has 0 saturated heterocycles. The molecule has 21 heavy (non-hydrogen) atoms. The molecule has 5 nitrogen and oxygen atoms in total. The van der Waals surface area contributed by atoms with Crippen molar-refractivity contribution in [3.8, 4) is 0 Å². The van der Waals surface area contributed by atoms with Crippen LogP contribution in [0.15, 0.2) is 18.6 Å². The Bertz CT molecular complexity index is 605. The van der Waals surface area contributed by atoms with Crippen molar-refractivity contribution >= 4 is 17.3 Å². The Morgan fingerprint density at radius 3 is 2.67 bits per heavy atom. The topological polar surface area (TPSA) is 45.5 Å². The first-order chi connectivity index (χ1) is 9.81. The summed E-state index contributed by atoms with van der Waals surface area (Å²) in [6, 6.07) is -0.350. The van der Waals surface area contributed by atoms with Crippen LogP contribution in [0.25, 0.3) is 5.65 Å². The molecule has 8 heteroatoms. The minimum absolute atomic E-state index is 0.228. The third kappa shape index (κ3) is 3.56. The first-order valence-electron chi connectivity index (χ1n) is 6.72. The van der Waals surface area contributed by atoms with Crippen LogP contribution < -0.4 is 10.2 Å². The lowest BCUT2D eigenvalue weighted by Crippen LogP contribution is -2.40. The fourth-order valence-electron chi connectivity index (χ4n) is 2.07. The van der Waals surface area contributed by atoms with Crippen molar-refractivity contribution in [2.45, 2.75) is 33.0 Å². The summed E-state index contributed by atoms with van der Waals surface area (Å²) >= 11 is 0. The Morgan fingerprint density at radius 2 is 2.10 bits per heavy atom. The molecule has 0 spiro atoms. The third-order valence-corrected chi connectivity index (χ3v) is 2.96. The second kappa shape index (κ2) is 5.79. The van der Waals surface area contributed by atoms with Crippen molar-refractivity contribution < 1.29 is 13.2 Å². The first kappa shape index (κ1) is 15.4. The minimum atomic E-state index is -4.30. The molecule has 0 bridgehead atoms. The normalized spacial score (nSPS) is 12.1. The summed E-state index contributed by atoms with van der Waals surface area (Å²) < 4.78 is 40.1. The van der Waals surface area contributed by atoms with Crippen LogP contribution in [0.3, 0.4) is 0 Å². The van der Waals surface area contributed by atoms with Crippen molar-refractivity contribution in [3.63, 3.8) is 0 Å². The minimum Gasteiger partial charge on any atom is -0.369 e. The highest BCUT2D eigenvalue weighted by atomic mass is 19.4. The Hall–Kier alpha value is -1.99. The van der Waals surface area contributed by atoms with E-state index in [1.165, 1.54) is 4.90 Å². The summed E-state index contributed by atoms with van der Waals surface area (Å²) in [5, 5.41) is 3.02. The standard InChI is InChI=1S/C13H18F3N5/c1-4-17-10-7-20-6-5-18-11(20)12(19-10)21(9(2)3)8-13(14,15)16/h5-7,9,17H,4,8H2,1-3H3. The van der Waals surface area contributed by atoms with Gasteiger partial charge in [-0.05, 0) is 20.8 Å². The number of alkyl halides is 3. The van der Waals surface area contributed by atoms with E-state index in [0.717, 1.165) is 0 Å². The number of nitrogens with one attached hydrogen (secondary N) is 1. The molecule has 2 aromatic rings. The maximum absolute atomic E-state index is 12.8. The smallest absolute Gasteiger partial charge is 0.369 e. The predicted octanol–water partition coefficient (Wildman–Crippen LogP) is 2.94. The van der Waals surface area contributed by atoms with E-state index in [1.54, 1.807) is 36.8 Å². The summed E-state index contributed by atoms with van der Waals surface area (Å²) in [6.07, 6.45) is 0.640. The van der Waals surface area contributed by atoms with Crippen molar-refractivity contribution in [1.82, 2.24) is 14.4 Å². The van der Waals surface area contributed by atoms with Gasteiger partial charge in [-0.15, -0.1) is 0 Å². The molecule has 2 heterocycles. The van der Waals surface area contributed by atoms with Crippen molar-refractivity contribution in [2.75, 3.05) is 23.3 Å². The molecule has 2 aromatic heterocycles. The molecule has 0 atom stereocenters. The highest BCUT2D eigenvalue weighted by Crippen LogP contribution is 2.26. The molecule has 116 valence electrons. The molecule has 0 aliphatic rings. The second-order valence-corrected chi connectivity index (χ2v) is 4.98. The molecule has 1 N–H and O–H groups in total. The lowest BCUT2D eigenvalue weighted by molar-refractivity contribution is -0.120. The fraction of sp³-hybridized carbons (Fsp3) is 0.538. The molecular formula is C13H18F3N5. The van der Waals surface area contributed by atoms with E-state index in [4.69, 9.17) is 0 Å². The Balaban J connectivity index is 2.52. The maximum atomic E-state index is 12.8. The SMILES string of the molecule is CCNc1cn2ccnc2c(N(CC(F)(F)F)C(C)C)n1. The molecule has 0 fully saturated rings. The average Bonchev–Trinajstić information content (AvgIpc) is 2.82. The second-order valence-electron chi connectivity index (χ2n) is 4.98. The highest BCUT2D eigenvalue weighted by molar-refractivity contribution is 5.67. The van der Waals surface area contributed by atoms with E-state index in [9.17, 15) is 13.2 Å². The quantitative estimate of drug-likeness (QED) is 0.922. The number of imidazole rings is 1. The van der Waals surface area contributed by atoms with Crippen LogP contribution in [0.1, 0.15) is 20.8 Å². The van der Waals surface area contributed by atoms with Gasteiger partial charge in [0, 0.05) is 25.0 Å². The van der Waals surface area contributed by atoms with E-state index >= 15 is 0 Å². The Morgan fingerprint density at radius 1 is 1.38 bits per heavy atom. The van der Waals surface area contributed by atoms with Gasteiger partial charge in [0.2, 0.25) is 0 Å². The van der Waals surface area contributed by atoms with Gasteiger partial charge in [-0.25, -0.2) is 9.97 Å². The molecule has 0 saturated carbocycles. The van der Waals surface area contributed by atoms with Gasteiger partial charge in [0.05, 0.1) is 6.20 Å². The van der Waals surface area contributed by atoms with E-state index in [1.807, 2.05) is 6.92 Å². The van der Waals surface area contributed by atoms with Gasteiger partial charge in [0.1, 0.15) is 12.4 Å². The molecule has 0 radical (unpaired) electrons. The van der Waals surface area contributed by atoms with Gasteiger partial charge in [-0.3, -0.25) is 0 Å². The zero-order valence-corrected chi connectivity index (χ0v) is 12.1. The Labute approximate surface area is 120 Å². The number of nitrogens with zero attached hydrogens (tertiary/aromatic N) is 4. The van der Waals surface area contributed by atoms with Crippen LogP contribution in [0.5, 0.6) is 0 Å². The monoisotopic (exact) mass is 301 g/mol. The van der Waals surface area contributed by atoms with Crippen LogP contribution >= 0.6 is 0 Å². The lowest BCUT2D eigenvalue weighted by Gasteiger charge is -2.29. The first-order valence-corrected chi connectivity index (χ1v) is 6.72. The number of halogens is 3. The number of fused-ring (bicyclic) bond motifs is 1. The van der Waals surface area contributed by atoms with Gasteiger partial charge >= 0.3 is 6.18 Å². The van der Waals surface area contributed by atoms with E-state index in [0.29, 0.717) is 18.0 Å². The summed E-state index contributed by atoms with van der Waals surface area (Å²) in [5.41, 5.74) is 0.412. The third-order valence-electron chi connectivity index (χ3n) is 2.96. The molecule has 0 unspecified atom stereocenters. The van der Waals surface area contributed by atoms with Gasteiger partial charge < -0.3 is 14.6 Å². The molecule has 2 rings (SSSR count). The van der Waals surface area contributed by atoms with Crippen molar-refractivity contribution in [3.05, 3.63) is 18.6 Å². The van der Waals surface area contributed by atoms with Crippen molar-refractivity contribution in [1.29, 1.82) is 0 Å². The largest absolute Gasteiger partial charge is 0.405 e. The van der Waals surface area contributed by atoms with Gasteiger partial charge in [-0.2, -0.15) is 13.2 Å². The van der Waals surface area contributed by atoms with Crippen LogP contribution in [0, 0.1) is 0 Å². The van der Waals surface area contributed by atoms with Gasteiger partial charge in [-0.1, -0.05) is 0 Å². The predicted molar refractivity (Wildman–Crippen MR) is 75.7 cm³/mol. The van der Waals surface area contributed by atoms with E-state index in [-0.39, 0.29) is 11.9 Å². The zero-order chi connectivity index (χ0) is 15.6. The summed E-state index contributed by atoms with van der Waals surface area (Å²) in [7, 11) is 0. The van der Waals surface area contributed by atoms with Crippen LogP contribution in [-0.2, 0) is 0 Å². The van der Waals surface area contributed by atoms with Crippen LogP contribution in [0.2, 0.25) is 0 Å². The molecular weight excluding hydrogens is 283 g/mol.